The van der Waals surface area contributed by atoms with E-state index in [-0.39, 0.29) is 16.5 Å². The molecule has 1 aromatic heterocycles. The molecule has 24 heavy (non-hydrogen) atoms. The lowest BCUT2D eigenvalue weighted by Gasteiger charge is -2.18. The minimum atomic E-state index is -3.32. The van der Waals surface area contributed by atoms with Crippen LogP contribution in [-0.2, 0) is 16.3 Å². The largest absolute Gasteiger partial charge is 0.393 e. The van der Waals surface area contributed by atoms with Crippen LogP contribution in [0.1, 0.15) is 41.1 Å². The third kappa shape index (κ3) is 4.21. The predicted octanol–water partition coefficient (Wildman–Crippen LogP) is 1.01. The van der Waals surface area contributed by atoms with E-state index in [0.717, 1.165) is 0 Å². The van der Waals surface area contributed by atoms with Crippen molar-refractivity contribution in [1.29, 1.82) is 0 Å². The summed E-state index contributed by atoms with van der Waals surface area (Å²) in [6, 6.07) is 6.78. The number of amides is 1. The topological polar surface area (TPSA) is 126 Å². The SMILES string of the molecule is C[C@H](O)[C@H](CCc1ccccc1S(C)(=O)=O)c1ncc(C(N)=O)[nH]1. The molecule has 8 heteroatoms. The average molecular weight is 351 g/mol. The molecule has 0 spiro atoms. The first-order valence-corrected chi connectivity index (χ1v) is 9.40. The fourth-order valence-corrected chi connectivity index (χ4v) is 3.61. The Morgan fingerprint density at radius 2 is 2.04 bits per heavy atom. The van der Waals surface area contributed by atoms with Crippen molar-refractivity contribution in [3.8, 4) is 0 Å². The average Bonchev–Trinajstić information content (AvgIpc) is 2.96. The van der Waals surface area contributed by atoms with Gasteiger partial charge in [0, 0.05) is 12.2 Å². The standard InChI is InChI=1S/C16H21N3O4S/c1-10(20)12(16-18-9-13(19-16)15(17)21)8-7-11-5-3-4-6-14(11)24(2,22)23/h3-6,9-10,12,20H,7-8H2,1-2H3,(H2,17,21)(H,18,19)/t10-,12-/m0/s1. The number of nitrogens with one attached hydrogen (secondary N) is 1. The number of aryl methyl sites for hydroxylation is 1. The van der Waals surface area contributed by atoms with Crippen LogP contribution in [0.2, 0.25) is 0 Å². The molecule has 0 fully saturated rings. The summed E-state index contributed by atoms with van der Waals surface area (Å²) in [5.41, 5.74) is 6.06. The first-order valence-electron chi connectivity index (χ1n) is 7.51. The molecule has 0 aliphatic carbocycles. The van der Waals surface area contributed by atoms with E-state index in [0.29, 0.717) is 24.2 Å². The molecular formula is C16H21N3O4S. The quantitative estimate of drug-likeness (QED) is 0.686. The molecule has 2 aromatic rings. The van der Waals surface area contributed by atoms with E-state index in [1.54, 1.807) is 31.2 Å². The summed E-state index contributed by atoms with van der Waals surface area (Å²) < 4.78 is 23.7. The summed E-state index contributed by atoms with van der Waals surface area (Å²) in [6.07, 6.45) is 2.70. The fourth-order valence-electron chi connectivity index (χ4n) is 2.64. The van der Waals surface area contributed by atoms with Crippen molar-refractivity contribution in [2.24, 2.45) is 5.73 Å². The van der Waals surface area contributed by atoms with Crippen molar-refractivity contribution >= 4 is 15.7 Å². The molecule has 2 atom stereocenters. The molecule has 1 amide bonds. The van der Waals surface area contributed by atoms with Crippen LogP contribution < -0.4 is 5.73 Å². The molecule has 0 aliphatic heterocycles. The van der Waals surface area contributed by atoms with Crippen molar-refractivity contribution < 1.29 is 18.3 Å². The molecule has 4 N–H and O–H groups in total. The lowest BCUT2D eigenvalue weighted by molar-refractivity contribution is 0.0995. The van der Waals surface area contributed by atoms with Crippen LogP contribution in [0.4, 0.5) is 0 Å². The normalized spacial score (nSPS) is 14.3. The Hall–Kier alpha value is -2.19. The Balaban J connectivity index is 2.23. The Morgan fingerprint density at radius 3 is 2.58 bits per heavy atom. The third-order valence-corrected chi connectivity index (χ3v) is 5.09. The van der Waals surface area contributed by atoms with Gasteiger partial charge in [0.25, 0.3) is 5.91 Å². The number of aromatic nitrogens is 2. The Labute approximate surface area is 140 Å². The predicted molar refractivity (Wildman–Crippen MR) is 89.4 cm³/mol. The Morgan fingerprint density at radius 1 is 1.38 bits per heavy atom. The minimum absolute atomic E-state index is 0.173. The summed E-state index contributed by atoms with van der Waals surface area (Å²) in [7, 11) is -3.32. The summed E-state index contributed by atoms with van der Waals surface area (Å²) >= 11 is 0. The van der Waals surface area contributed by atoms with Crippen LogP contribution in [-0.4, -0.2) is 41.8 Å². The fraction of sp³-hybridized carbons (Fsp3) is 0.375. The third-order valence-electron chi connectivity index (χ3n) is 3.89. The first-order chi connectivity index (χ1) is 11.2. The molecular weight excluding hydrogens is 330 g/mol. The van der Waals surface area contributed by atoms with Gasteiger partial charge in [0.1, 0.15) is 11.5 Å². The number of aliphatic hydroxyl groups is 1. The van der Waals surface area contributed by atoms with Crippen molar-refractivity contribution in [3.05, 3.63) is 47.5 Å². The molecule has 0 saturated heterocycles. The van der Waals surface area contributed by atoms with Crippen LogP contribution in [0.25, 0.3) is 0 Å². The molecule has 1 heterocycles. The Kier molecular flexibility index (Phi) is 5.40. The highest BCUT2D eigenvalue weighted by Crippen LogP contribution is 2.25. The molecule has 7 nitrogen and oxygen atoms in total. The highest BCUT2D eigenvalue weighted by molar-refractivity contribution is 7.90. The van der Waals surface area contributed by atoms with Crippen molar-refractivity contribution in [2.45, 2.75) is 36.7 Å². The molecule has 0 unspecified atom stereocenters. The van der Waals surface area contributed by atoms with E-state index >= 15 is 0 Å². The lowest BCUT2D eigenvalue weighted by atomic mass is 9.94. The number of sulfone groups is 1. The van der Waals surface area contributed by atoms with Crippen LogP contribution in [0.5, 0.6) is 0 Å². The van der Waals surface area contributed by atoms with Crippen molar-refractivity contribution in [2.75, 3.05) is 6.26 Å². The van der Waals surface area contributed by atoms with Gasteiger partial charge in [-0.05, 0) is 31.4 Å². The molecule has 0 bridgehead atoms. The summed E-state index contributed by atoms with van der Waals surface area (Å²) in [6.45, 7) is 1.62. The number of primary amides is 1. The number of benzene rings is 1. The van der Waals surface area contributed by atoms with E-state index in [4.69, 9.17) is 5.73 Å². The number of imidazole rings is 1. The molecule has 0 aliphatic rings. The van der Waals surface area contributed by atoms with E-state index in [1.165, 1.54) is 12.5 Å². The maximum Gasteiger partial charge on any atom is 0.266 e. The smallest absolute Gasteiger partial charge is 0.266 e. The second kappa shape index (κ2) is 7.14. The van der Waals surface area contributed by atoms with Crippen molar-refractivity contribution in [1.82, 2.24) is 9.97 Å². The molecule has 0 saturated carbocycles. The van der Waals surface area contributed by atoms with Crippen LogP contribution in [0, 0.1) is 0 Å². The zero-order chi connectivity index (χ0) is 17.9. The van der Waals surface area contributed by atoms with Gasteiger partial charge in [-0.15, -0.1) is 0 Å². The lowest BCUT2D eigenvalue weighted by Crippen LogP contribution is -2.18. The number of rotatable bonds is 7. The number of aromatic amines is 1. The highest BCUT2D eigenvalue weighted by atomic mass is 32.2. The number of hydrogen-bond donors (Lipinski definition) is 3. The van der Waals surface area contributed by atoms with E-state index in [9.17, 15) is 18.3 Å². The van der Waals surface area contributed by atoms with Gasteiger partial charge in [0.2, 0.25) is 0 Å². The number of aliphatic hydroxyl groups excluding tert-OH is 1. The number of nitrogens with two attached hydrogens (primary N) is 1. The van der Waals surface area contributed by atoms with Gasteiger partial charge in [-0.25, -0.2) is 13.4 Å². The maximum atomic E-state index is 11.9. The molecule has 130 valence electrons. The second-order valence-electron chi connectivity index (χ2n) is 5.81. The van der Waals surface area contributed by atoms with E-state index in [2.05, 4.69) is 9.97 Å². The zero-order valence-electron chi connectivity index (χ0n) is 13.6. The molecule has 0 radical (unpaired) electrons. The monoisotopic (exact) mass is 351 g/mol. The van der Waals surface area contributed by atoms with E-state index in [1.807, 2.05) is 0 Å². The van der Waals surface area contributed by atoms with Crippen LogP contribution in [0.15, 0.2) is 35.4 Å². The van der Waals surface area contributed by atoms with E-state index < -0.39 is 21.8 Å². The summed E-state index contributed by atoms with van der Waals surface area (Å²) in [5, 5.41) is 10.0. The van der Waals surface area contributed by atoms with Gasteiger partial charge >= 0.3 is 0 Å². The number of H-pyrrole nitrogens is 1. The van der Waals surface area contributed by atoms with Gasteiger partial charge in [0.05, 0.1) is 17.2 Å². The van der Waals surface area contributed by atoms with Crippen LogP contribution >= 0.6 is 0 Å². The number of carbonyl (C=O) groups is 1. The van der Waals surface area contributed by atoms with Gasteiger partial charge in [0.15, 0.2) is 9.84 Å². The molecule has 2 rings (SSSR count). The maximum absolute atomic E-state index is 11.9. The number of nitrogens with zero attached hydrogens (tertiary/aromatic N) is 1. The van der Waals surface area contributed by atoms with Gasteiger partial charge < -0.3 is 15.8 Å². The van der Waals surface area contributed by atoms with Crippen LogP contribution in [0.3, 0.4) is 0 Å². The zero-order valence-corrected chi connectivity index (χ0v) is 14.4. The van der Waals surface area contributed by atoms with Gasteiger partial charge in [-0.3, -0.25) is 4.79 Å². The van der Waals surface area contributed by atoms with Gasteiger partial charge in [-0.2, -0.15) is 0 Å². The number of carbonyl (C=O) groups excluding carboxylic acids is 1. The van der Waals surface area contributed by atoms with Gasteiger partial charge in [-0.1, -0.05) is 18.2 Å². The first kappa shape index (κ1) is 18.2. The molecule has 1 aromatic carbocycles. The van der Waals surface area contributed by atoms with Crippen molar-refractivity contribution in [3.63, 3.8) is 0 Å². The summed E-state index contributed by atoms with van der Waals surface area (Å²) in [4.78, 5) is 18.4. The summed E-state index contributed by atoms with van der Waals surface area (Å²) in [5.74, 6) is -0.540. The number of hydrogen-bond acceptors (Lipinski definition) is 5. The highest BCUT2D eigenvalue weighted by Gasteiger charge is 2.22. The Bertz CT molecular complexity index is 827. The minimum Gasteiger partial charge on any atom is -0.393 e. The second-order valence-corrected chi connectivity index (χ2v) is 7.80.